The van der Waals surface area contributed by atoms with Gasteiger partial charge in [-0.3, -0.25) is 4.39 Å². The Morgan fingerprint density at radius 2 is 2.00 bits per heavy atom. The van der Waals surface area contributed by atoms with Crippen LogP contribution in [0.1, 0.15) is 6.42 Å². The van der Waals surface area contributed by atoms with Crippen LogP contribution in [0.15, 0.2) is 29.1 Å². The Balaban J connectivity index is 2.38. The van der Waals surface area contributed by atoms with E-state index in [1.165, 1.54) is 18.2 Å². The third-order valence-electron chi connectivity index (χ3n) is 2.22. The fraction of sp³-hybridized carbons (Fsp3) is 0.300. The van der Waals surface area contributed by atoms with Crippen LogP contribution in [-0.4, -0.2) is 26.5 Å². The van der Waals surface area contributed by atoms with Gasteiger partial charge >= 0.3 is 5.69 Å². The maximum absolute atomic E-state index is 13.4. The molecule has 7 heteroatoms. The number of hydrogen-bond donors (Lipinski definition) is 0. The van der Waals surface area contributed by atoms with Crippen molar-refractivity contribution >= 4 is 0 Å². The molecular weight excluding hydrogens is 230 g/mol. The molecule has 17 heavy (non-hydrogen) atoms. The number of benzene rings is 1. The largest absolute Gasteiger partial charge is 0.368 e. The molecule has 0 fully saturated rings. The van der Waals surface area contributed by atoms with E-state index in [1.807, 2.05) is 0 Å². The fourth-order valence-corrected chi connectivity index (χ4v) is 1.40. The van der Waals surface area contributed by atoms with Crippen molar-refractivity contribution in [2.75, 3.05) is 6.67 Å². The standard InChI is InChI=1S/C10H10F2N4O/c11-6-3-7-15-10(17)16(14-13-15)9-5-2-1-4-8(9)12/h1-2,4-5H,3,6-7H2. The minimum Gasteiger partial charge on any atom is -0.251 e. The van der Waals surface area contributed by atoms with Crippen molar-refractivity contribution in [3.05, 3.63) is 40.6 Å². The van der Waals surface area contributed by atoms with Gasteiger partial charge in [-0.05, 0) is 29.0 Å². The first-order valence-electron chi connectivity index (χ1n) is 5.07. The van der Waals surface area contributed by atoms with Gasteiger partial charge in [0.1, 0.15) is 11.5 Å². The molecule has 1 aromatic carbocycles. The van der Waals surface area contributed by atoms with Crippen LogP contribution in [0.5, 0.6) is 0 Å². The van der Waals surface area contributed by atoms with Crippen LogP contribution in [0.25, 0.3) is 5.69 Å². The van der Waals surface area contributed by atoms with E-state index in [1.54, 1.807) is 6.07 Å². The van der Waals surface area contributed by atoms with Crippen LogP contribution in [0, 0.1) is 5.82 Å². The summed E-state index contributed by atoms with van der Waals surface area (Å²) < 4.78 is 27.3. The Hall–Kier alpha value is -2.05. The smallest absolute Gasteiger partial charge is 0.251 e. The molecule has 1 heterocycles. The van der Waals surface area contributed by atoms with Crippen molar-refractivity contribution in [3.8, 4) is 5.69 Å². The molecule has 0 N–H and O–H groups in total. The Kier molecular flexibility index (Phi) is 3.27. The summed E-state index contributed by atoms with van der Waals surface area (Å²) in [7, 11) is 0. The zero-order chi connectivity index (χ0) is 12.3. The molecule has 0 amide bonds. The van der Waals surface area contributed by atoms with E-state index in [0.29, 0.717) is 0 Å². The molecule has 0 radical (unpaired) electrons. The maximum Gasteiger partial charge on any atom is 0.368 e. The average Bonchev–Trinajstić information content (AvgIpc) is 2.69. The molecular formula is C10H10F2N4O. The zero-order valence-corrected chi connectivity index (χ0v) is 8.88. The predicted octanol–water partition coefficient (Wildman–Crippen LogP) is 0.928. The number of halogens is 2. The van der Waals surface area contributed by atoms with Crippen LogP contribution < -0.4 is 5.69 Å². The molecule has 0 saturated carbocycles. The topological polar surface area (TPSA) is 52.7 Å². The molecule has 5 nitrogen and oxygen atoms in total. The average molecular weight is 240 g/mol. The van der Waals surface area contributed by atoms with Gasteiger partial charge in [0.25, 0.3) is 0 Å². The van der Waals surface area contributed by atoms with E-state index in [4.69, 9.17) is 0 Å². The van der Waals surface area contributed by atoms with E-state index in [0.717, 1.165) is 9.36 Å². The minimum atomic E-state index is -0.580. The lowest BCUT2D eigenvalue weighted by Crippen LogP contribution is -2.25. The highest BCUT2D eigenvalue weighted by atomic mass is 19.1. The van der Waals surface area contributed by atoms with Crippen LogP contribution in [-0.2, 0) is 6.54 Å². The van der Waals surface area contributed by atoms with E-state index >= 15 is 0 Å². The quantitative estimate of drug-likeness (QED) is 0.798. The minimum absolute atomic E-state index is 0.0315. The molecule has 0 spiro atoms. The van der Waals surface area contributed by atoms with Gasteiger partial charge in [0.05, 0.1) is 13.2 Å². The summed E-state index contributed by atoms with van der Waals surface area (Å²) >= 11 is 0. The van der Waals surface area contributed by atoms with Gasteiger partial charge in [-0.25, -0.2) is 9.18 Å². The second-order valence-corrected chi connectivity index (χ2v) is 3.39. The number of aryl methyl sites for hydroxylation is 1. The number of rotatable bonds is 4. The van der Waals surface area contributed by atoms with Crippen LogP contribution >= 0.6 is 0 Å². The maximum atomic E-state index is 13.4. The summed E-state index contributed by atoms with van der Waals surface area (Å²) in [5, 5.41) is 7.11. The van der Waals surface area contributed by atoms with Gasteiger partial charge in [-0.1, -0.05) is 12.1 Å². The summed E-state index contributed by atoms with van der Waals surface area (Å²) in [6, 6.07) is 5.75. The number of nitrogens with zero attached hydrogens (tertiary/aromatic N) is 4. The Bertz CT molecular complexity index is 563. The van der Waals surface area contributed by atoms with Crippen molar-refractivity contribution in [1.29, 1.82) is 0 Å². The second kappa shape index (κ2) is 4.86. The number of aromatic nitrogens is 4. The molecule has 0 aliphatic rings. The molecule has 0 unspecified atom stereocenters. The van der Waals surface area contributed by atoms with Gasteiger partial charge in [0, 0.05) is 0 Å². The van der Waals surface area contributed by atoms with E-state index in [-0.39, 0.29) is 18.7 Å². The lowest BCUT2D eigenvalue weighted by atomic mass is 10.3. The number of tetrazole rings is 1. The molecule has 90 valence electrons. The highest BCUT2D eigenvalue weighted by Crippen LogP contribution is 2.08. The zero-order valence-electron chi connectivity index (χ0n) is 8.88. The first-order chi connectivity index (χ1) is 8.24. The summed E-state index contributed by atoms with van der Waals surface area (Å²) in [6.45, 7) is -0.414. The Morgan fingerprint density at radius 1 is 1.24 bits per heavy atom. The fourth-order valence-electron chi connectivity index (χ4n) is 1.40. The highest BCUT2D eigenvalue weighted by molar-refractivity contribution is 5.31. The molecule has 0 bridgehead atoms. The first kappa shape index (κ1) is 11.4. The van der Waals surface area contributed by atoms with Crippen LogP contribution in [0.4, 0.5) is 8.78 Å². The molecule has 2 aromatic rings. The lowest BCUT2D eigenvalue weighted by Gasteiger charge is -1.99. The molecule has 0 saturated heterocycles. The SMILES string of the molecule is O=c1n(CCCF)nnn1-c1ccccc1F. The summed E-state index contributed by atoms with van der Waals surface area (Å²) in [4.78, 5) is 11.7. The van der Waals surface area contributed by atoms with Crippen molar-refractivity contribution in [2.45, 2.75) is 13.0 Å². The Morgan fingerprint density at radius 3 is 2.71 bits per heavy atom. The van der Waals surface area contributed by atoms with Crippen molar-refractivity contribution in [3.63, 3.8) is 0 Å². The van der Waals surface area contributed by atoms with E-state index in [9.17, 15) is 13.6 Å². The van der Waals surface area contributed by atoms with Crippen molar-refractivity contribution in [2.24, 2.45) is 0 Å². The normalized spacial score (nSPS) is 10.7. The van der Waals surface area contributed by atoms with Gasteiger partial charge in [-0.2, -0.15) is 9.36 Å². The van der Waals surface area contributed by atoms with Crippen molar-refractivity contribution in [1.82, 2.24) is 19.8 Å². The van der Waals surface area contributed by atoms with E-state index < -0.39 is 18.2 Å². The van der Waals surface area contributed by atoms with E-state index in [2.05, 4.69) is 10.4 Å². The van der Waals surface area contributed by atoms with Gasteiger partial charge in [0.15, 0.2) is 0 Å². The number of hydrogen-bond acceptors (Lipinski definition) is 3. The number of para-hydroxylation sites is 1. The number of alkyl halides is 1. The van der Waals surface area contributed by atoms with Gasteiger partial charge in [0.2, 0.25) is 0 Å². The molecule has 0 aliphatic heterocycles. The molecule has 0 aliphatic carbocycles. The summed E-state index contributed by atoms with van der Waals surface area (Å²) in [5.74, 6) is -0.563. The predicted molar refractivity (Wildman–Crippen MR) is 56.2 cm³/mol. The Labute approximate surface area is 95.3 Å². The van der Waals surface area contributed by atoms with Crippen LogP contribution in [0.3, 0.4) is 0 Å². The molecule has 1 aromatic heterocycles. The second-order valence-electron chi connectivity index (χ2n) is 3.39. The summed E-state index contributed by atoms with van der Waals surface area (Å²) in [6.07, 6.45) is 0.176. The monoisotopic (exact) mass is 240 g/mol. The third-order valence-corrected chi connectivity index (χ3v) is 2.22. The third kappa shape index (κ3) is 2.22. The van der Waals surface area contributed by atoms with Crippen molar-refractivity contribution < 1.29 is 8.78 Å². The first-order valence-corrected chi connectivity index (χ1v) is 5.07. The molecule has 0 atom stereocenters. The molecule has 2 rings (SSSR count). The van der Waals surface area contributed by atoms with Gasteiger partial charge in [-0.15, -0.1) is 0 Å². The highest BCUT2D eigenvalue weighted by Gasteiger charge is 2.11. The summed E-state index contributed by atoms with van der Waals surface area (Å²) in [5.41, 5.74) is -0.549. The lowest BCUT2D eigenvalue weighted by molar-refractivity contribution is 0.427. The van der Waals surface area contributed by atoms with Gasteiger partial charge < -0.3 is 0 Å². The van der Waals surface area contributed by atoms with Crippen LogP contribution in [0.2, 0.25) is 0 Å².